The van der Waals surface area contributed by atoms with Gasteiger partial charge in [-0.05, 0) is 37.7 Å². The van der Waals surface area contributed by atoms with Crippen molar-refractivity contribution in [1.29, 1.82) is 0 Å². The Morgan fingerprint density at radius 3 is 2.84 bits per heavy atom. The lowest BCUT2D eigenvalue weighted by atomic mass is 10.1. The minimum Gasteiger partial charge on any atom is -0.480 e. The fourth-order valence-corrected chi connectivity index (χ4v) is 2.35. The van der Waals surface area contributed by atoms with Crippen molar-refractivity contribution in [3.8, 4) is 0 Å². The lowest BCUT2D eigenvalue weighted by Crippen LogP contribution is -2.48. The van der Waals surface area contributed by atoms with Gasteiger partial charge in [-0.25, -0.2) is 9.59 Å². The number of amides is 2. The molecule has 0 aliphatic carbocycles. The summed E-state index contributed by atoms with van der Waals surface area (Å²) in [4.78, 5) is 22.6. The monoisotopic (exact) mass is 290 g/mol. The minimum atomic E-state index is -1.00. The zero-order valence-corrected chi connectivity index (χ0v) is 12.0. The molecule has 0 spiro atoms. The van der Waals surface area contributed by atoms with E-state index in [-0.39, 0.29) is 6.10 Å². The number of urea groups is 1. The number of hydrogen-bond donors (Lipinski definition) is 3. The van der Waals surface area contributed by atoms with E-state index < -0.39 is 18.0 Å². The van der Waals surface area contributed by atoms with E-state index in [1.54, 1.807) is 11.8 Å². The summed E-state index contributed by atoms with van der Waals surface area (Å²) in [7, 11) is 0. The van der Waals surface area contributed by atoms with E-state index >= 15 is 0 Å². The van der Waals surface area contributed by atoms with Gasteiger partial charge < -0.3 is 20.5 Å². The smallest absolute Gasteiger partial charge is 0.326 e. The Bertz CT molecular complexity index is 295. The van der Waals surface area contributed by atoms with Crippen molar-refractivity contribution < 1.29 is 19.4 Å². The van der Waals surface area contributed by atoms with Gasteiger partial charge >= 0.3 is 12.0 Å². The number of thioether (sulfide) groups is 1. The zero-order chi connectivity index (χ0) is 14.1. The minimum absolute atomic E-state index is 0.0500. The quantitative estimate of drug-likeness (QED) is 0.652. The third kappa shape index (κ3) is 6.68. The van der Waals surface area contributed by atoms with Crippen LogP contribution in [-0.4, -0.2) is 54.4 Å². The van der Waals surface area contributed by atoms with E-state index in [1.807, 2.05) is 6.26 Å². The average molecular weight is 290 g/mol. The summed E-state index contributed by atoms with van der Waals surface area (Å²) in [5, 5.41) is 14.1. The molecule has 1 rings (SSSR count). The first kappa shape index (κ1) is 16.1. The van der Waals surface area contributed by atoms with E-state index in [2.05, 4.69) is 10.6 Å². The molecule has 1 unspecified atom stereocenters. The lowest BCUT2D eigenvalue weighted by molar-refractivity contribution is -0.139. The highest BCUT2D eigenvalue weighted by Gasteiger charge is 2.20. The second-order valence-electron chi connectivity index (χ2n) is 4.52. The molecular weight excluding hydrogens is 268 g/mol. The van der Waals surface area contributed by atoms with E-state index in [9.17, 15) is 9.59 Å². The highest BCUT2D eigenvalue weighted by molar-refractivity contribution is 7.98. The number of carbonyl (C=O) groups excluding carboxylic acids is 1. The number of carboxylic acid groups (broad SMARTS) is 1. The summed E-state index contributed by atoms with van der Waals surface area (Å²) < 4.78 is 5.48. The highest BCUT2D eigenvalue weighted by Crippen LogP contribution is 2.11. The molecule has 1 aliphatic rings. The summed E-state index contributed by atoms with van der Waals surface area (Å²) in [6.45, 7) is 1.17. The molecule has 110 valence electrons. The van der Waals surface area contributed by atoms with Crippen LogP contribution in [0.15, 0.2) is 0 Å². The van der Waals surface area contributed by atoms with Crippen molar-refractivity contribution in [3.63, 3.8) is 0 Å². The predicted octanol–water partition coefficient (Wildman–Crippen LogP) is 1.06. The van der Waals surface area contributed by atoms with Gasteiger partial charge in [0.25, 0.3) is 0 Å². The maximum absolute atomic E-state index is 11.6. The summed E-state index contributed by atoms with van der Waals surface area (Å²) in [5.41, 5.74) is 0. The molecule has 0 aromatic carbocycles. The molecule has 1 heterocycles. The van der Waals surface area contributed by atoms with Crippen molar-refractivity contribution >= 4 is 23.8 Å². The fraction of sp³-hybridized carbons (Fsp3) is 0.833. The first-order valence-electron chi connectivity index (χ1n) is 6.51. The van der Waals surface area contributed by atoms with E-state index in [0.717, 1.165) is 25.9 Å². The van der Waals surface area contributed by atoms with Gasteiger partial charge in [0, 0.05) is 13.2 Å². The van der Waals surface area contributed by atoms with Crippen LogP contribution in [0.3, 0.4) is 0 Å². The number of carbonyl (C=O) groups is 2. The first-order valence-corrected chi connectivity index (χ1v) is 7.90. The summed E-state index contributed by atoms with van der Waals surface area (Å²) >= 11 is 1.56. The molecule has 1 fully saturated rings. The van der Waals surface area contributed by atoms with Crippen LogP contribution in [0.4, 0.5) is 4.79 Å². The molecule has 2 atom stereocenters. The number of hydrogen-bond acceptors (Lipinski definition) is 4. The first-order chi connectivity index (χ1) is 9.13. The number of carboxylic acids is 1. The topological polar surface area (TPSA) is 87.7 Å². The Morgan fingerprint density at radius 2 is 2.26 bits per heavy atom. The molecule has 0 aromatic rings. The van der Waals surface area contributed by atoms with Gasteiger partial charge in [0.15, 0.2) is 0 Å². The SMILES string of the molecule is CSCC[C@@H](NC(=O)NCC1CCCCO1)C(=O)O. The van der Waals surface area contributed by atoms with E-state index in [1.165, 1.54) is 0 Å². The summed E-state index contributed by atoms with van der Waals surface area (Å²) in [6, 6.07) is -1.28. The number of ether oxygens (including phenoxy) is 1. The molecule has 1 saturated heterocycles. The molecule has 0 saturated carbocycles. The second-order valence-corrected chi connectivity index (χ2v) is 5.50. The van der Waals surface area contributed by atoms with Gasteiger partial charge in [-0.15, -0.1) is 0 Å². The Morgan fingerprint density at radius 1 is 1.47 bits per heavy atom. The van der Waals surface area contributed by atoms with E-state index in [0.29, 0.717) is 18.7 Å². The normalized spacial score (nSPS) is 20.6. The number of rotatable bonds is 7. The molecule has 0 radical (unpaired) electrons. The maximum Gasteiger partial charge on any atom is 0.326 e. The van der Waals surface area contributed by atoms with Crippen molar-refractivity contribution in [2.75, 3.05) is 25.2 Å². The fourth-order valence-electron chi connectivity index (χ4n) is 1.88. The van der Waals surface area contributed by atoms with Gasteiger partial charge in [0.05, 0.1) is 6.10 Å². The molecule has 3 N–H and O–H groups in total. The van der Waals surface area contributed by atoms with Gasteiger partial charge in [0.2, 0.25) is 0 Å². The van der Waals surface area contributed by atoms with Crippen LogP contribution in [0.2, 0.25) is 0 Å². The highest BCUT2D eigenvalue weighted by atomic mass is 32.2. The Kier molecular flexibility index (Phi) is 7.66. The van der Waals surface area contributed by atoms with Crippen molar-refractivity contribution in [2.45, 2.75) is 37.8 Å². The zero-order valence-electron chi connectivity index (χ0n) is 11.2. The van der Waals surface area contributed by atoms with Gasteiger partial charge in [-0.2, -0.15) is 11.8 Å². The Balaban J connectivity index is 2.25. The van der Waals surface area contributed by atoms with E-state index in [4.69, 9.17) is 9.84 Å². The Hall–Kier alpha value is -0.950. The lowest BCUT2D eigenvalue weighted by Gasteiger charge is -2.23. The van der Waals surface area contributed by atoms with Crippen LogP contribution in [0, 0.1) is 0 Å². The average Bonchev–Trinajstić information content (AvgIpc) is 2.42. The van der Waals surface area contributed by atoms with Crippen LogP contribution >= 0.6 is 11.8 Å². The molecule has 1 aliphatic heterocycles. The van der Waals surface area contributed by atoms with Gasteiger partial charge in [-0.3, -0.25) is 0 Å². The standard InChI is InChI=1S/C12H22N2O4S/c1-19-7-5-10(11(15)16)14-12(17)13-8-9-4-2-3-6-18-9/h9-10H,2-8H2,1H3,(H,15,16)(H2,13,14,17)/t9?,10-/m1/s1. The number of nitrogens with one attached hydrogen (secondary N) is 2. The van der Waals surface area contributed by atoms with Crippen molar-refractivity contribution in [2.24, 2.45) is 0 Å². The molecule has 19 heavy (non-hydrogen) atoms. The predicted molar refractivity (Wildman–Crippen MR) is 74.5 cm³/mol. The van der Waals surface area contributed by atoms with Crippen LogP contribution in [-0.2, 0) is 9.53 Å². The molecule has 0 aromatic heterocycles. The molecule has 6 nitrogen and oxygen atoms in total. The van der Waals surface area contributed by atoms with Gasteiger partial charge in [0.1, 0.15) is 6.04 Å². The molecular formula is C12H22N2O4S. The maximum atomic E-state index is 11.6. The van der Waals surface area contributed by atoms with Crippen LogP contribution in [0.25, 0.3) is 0 Å². The number of aliphatic carboxylic acids is 1. The largest absolute Gasteiger partial charge is 0.480 e. The second kappa shape index (κ2) is 9.03. The van der Waals surface area contributed by atoms with Gasteiger partial charge in [-0.1, -0.05) is 0 Å². The molecule has 2 amide bonds. The Labute approximate surface area is 117 Å². The van der Waals surface area contributed by atoms with Crippen molar-refractivity contribution in [3.05, 3.63) is 0 Å². The van der Waals surface area contributed by atoms with Crippen LogP contribution in [0.5, 0.6) is 0 Å². The van der Waals surface area contributed by atoms with Crippen LogP contribution < -0.4 is 10.6 Å². The van der Waals surface area contributed by atoms with Crippen LogP contribution in [0.1, 0.15) is 25.7 Å². The van der Waals surface area contributed by atoms with Crippen molar-refractivity contribution in [1.82, 2.24) is 10.6 Å². The third-order valence-corrected chi connectivity index (χ3v) is 3.62. The summed E-state index contributed by atoms with van der Waals surface area (Å²) in [6.07, 6.45) is 5.49. The molecule has 0 bridgehead atoms. The third-order valence-electron chi connectivity index (χ3n) is 2.98. The summed E-state index contributed by atoms with van der Waals surface area (Å²) in [5.74, 6) is -0.304. The molecule has 7 heteroatoms.